The SMILES string of the molecule is COc1ccc(/C(=N\OC(C)=O)c2cc3ccccc3o2)cc1. The molecule has 1 heterocycles. The molecule has 0 amide bonds. The van der Waals surface area contributed by atoms with E-state index in [-0.39, 0.29) is 0 Å². The molecule has 3 aromatic rings. The fourth-order valence-corrected chi connectivity index (χ4v) is 2.20. The Morgan fingerprint density at radius 1 is 1.09 bits per heavy atom. The summed E-state index contributed by atoms with van der Waals surface area (Å²) in [5, 5.41) is 4.90. The van der Waals surface area contributed by atoms with E-state index in [1.54, 1.807) is 19.2 Å². The Bertz CT molecular complexity index is 829. The highest BCUT2D eigenvalue weighted by molar-refractivity contribution is 6.12. The third-order valence-corrected chi connectivity index (χ3v) is 3.29. The molecular formula is C18H15NO4. The number of hydrogen-bond acceptors (Lipinski definition) is 5. The number of hydrogen-bond donors (Lipinski definition) is 0. The predicted molar refractivity (Wildman–Crippen MR) is 86.6 cm³/mol. The number of carbonyl (C=O) groups is 1. The molecule has 0 spiro atoms. The van der Waals surface area contributed by atoms with Crippen molar-refractivity contribution in [3.63, 3.8) is 0 Å². The molecule has 116 valence electrons. The first-order valence-corrected chi connectivity index (χ1v) is 7.06. The van der Waals surface area contributed by atoms with Crippen molar-refractivity contribution in [3.8, 4) is 5.75 Å². The van der Waals surface area contributed by atoms with Crippen LogP contribution < -0.4 is 4.74 Å². The number of rotatable bonds is 4. The van der Waals surface area contributed by atoms with Crippen LogP contribution in [0.4, 0.5) is 0 Å². The topological polar surface area (TPSA) is 61.0 Å². The van der Waals surface area contributed by atoms with Crippen LogP contribution in [-0.2, 0) is 9.63 Å². The minimum atomic E-state index is -0.493. The lowest BCUT2D eigenvalue weighted by Crippen LogP contribution is -2.05. The third-order valence-electron chi connectivity index (χ3n) is 3.29. The van der Waals surface area contributed by atoms with Crippen molar-refractivity contribution in [2.24, 2.45) is 5.16 Å². The van der Waals surface area contributed by atoms with Gasteiger partial charge in [0.2, 0.25) is 0 Å². The van der Waals surface area contributed by atoms with Crippen molar-refractivity contribution in [1.82, 2.24) is 0 Å². The number of furan rings is 1. The average Bonchev–Trinajstić information content (AvgIpc) is 2.99. The monoisotopic (exact) mass is 309 g/mol. The van der Waals surface area contributed by atoms with Gasteiger partial charge in [-0.2, -0.15) is 0 Å². The highest BCUT2D eigenvalue weighted by Crippen LogP contribution is 2.23. The zero-order valence-electron chi connectivity index (χ0n) is 12.8. The highest BCUT2D eigenvalue weighted by atomic mass is 16.7. The van der Waals surface area contributed by atoms with Gasteiger partial charge in [0.25, 0.3) is 0 Å². The van der Waals surface area contributed by atoms with Gasteiger partial charge in [0.05, 0.1) is 7.11 Å². The fraction of sp³-hybridized carbons (Fsp3) is 0.111. The molecule has 3 rings (SSSR count). The molecule has 0 aliphatic heterocycles. The zero-order chi connectivity index (χ0) is 16.2. The summed E-state index contributed by atoms with van der Waals surface area (Å²) in [5.41, 5.74) is 1.94. The van der Waals surface area contributed by atoms with Crippen LogP contribution in [0.5, 0.6) is 5.75 Å². The lowest BCUT2D eigenvalue weighted by molar-refractivity contribution is -0.140. The molecule has 0 saturated heterocycles. The molecule has 0 aliphatic rings. The molecule has 0 radical (unpaired) electrons. The maximum absolute atomic E-state index is 11.1. The molecule has 5 nitrogen and oxygen atoms in total. The number of para-hydroxylation sites is 1. The van der Waals surface area contributed by atoms with Gasteiger partial charge in [0, 0.05) is 17.9 Å². The molecule has 5 heteroatoms. The van der Waals surface area contributed by atoms with Gasteiger partial charge in [0.15, 0.2) is 11.5 Å². The minimum Gasteiger partial charge on any atom is -0.497 e. The zero-order valence-corrected chi connectivity index (χ0v) is 12.8. The Kier molecular flexibility index (Phi) is 4.10. The maximum Gasteiger partial charge on any atom is 0.332 e. The summed E-state index contributed by atoms with van der Waals surface area (Å²) >= 11 is 0. The first-order valence-electron chi connectivity index (χ1n) is 7.06. The van der Waals surface area contributed by atoms with Crippen LogP contribution in [0.15, 0.2) is 64.2 Å². The van der Waals surface area contributed by atoms with E-state index in [4.69, 9.17) is 14.0 Å². The summed E-state index contributed by atoms with van der Waals surface area (Å²) < 4.78 is 11.0. The van der Waals surface area contributed by atoms with E-state index in [1.807, 2.05) is 42.5 Å². The quantitative estimate of drug-likeness (QED) is 0.418. The smallest absolute Gasteiger partial charge is 0.332 e. The van der Waals surface area contributed by atoms with Gasteiger partial charge in [-0.05, 0) is 36.4 Å². The average molecular weight is 309 g/mol. The van der Waals surface area contributed by atoms with Crippen molar-refractivity contribution in [2.45, 2.75) is 6.92 Å². The Morgan fingerprint density at radius 2 is 1.83 bits per heavy atom. The maximum atomic E-state index is 11.1. The number of ether oxygens (including phenoxy) is 1. The Hall–Kier alpha value is -3.08. The lowest BCUT2D eigenvalue weighted by Gasteiger charge is -2.04. The summed E-state index contributed by atoms with van der Waals surface area (Å²) in [6.45, 7) is 1.30. The molecule has 0 unspecified atom stereocenters. The van der Waals surface area contributed by atoms with Gasteiger partial charge < -0.3 is 14.0 Å². The van der Waals surface area contributed by atoms with Crippen LogP contribution in [0, 0.1) is 0 Å². The number of nitrogens with zero attached hydrogens (tertiary/aromatic N) is 1. The Labute approximate surface area is 133 Å². The summed E-state index contributed by atoms with van der Waals surface area (Å²) in [4.78, 5) is 15.9. The van der Waals surface area contributed by atoms with Crippen molar-refractivity contribution in [3.05, 3.63) is 65.9 Å². The first kappa shape index (κ1) is 14.8. The largest absolute Gasteiger partial charge is 0.497 e. The lowest BCUT2D eigenvalue weighted by atomic mass is 10.1. The van der Waals surface area contributed by atoms with Crippen molar-refractivity contribution >= 4 is 22.7 Å². The molecular weight excluding hydrogens is 294 g/mol. The molecule has 1 aromatic heterocycles. The normalized spacial score (nSPS) is 11.5. The second-order valence-corrected chi connectivity index (χ2v) is 4.90. The summed E-state index contributed by atoms with van der Waals surface area (Å²) in [5.74, 6) is 0.759. The molecule has 0 atom stereocenters. The van der Waals surface area contributed by atoms with Crippen molar-refractivity contribution < 1.29 is 18.8 Å². The van der Waals surface area contributed by atoms with Crippen LogP contribution >= 0.6 is 0 Å². The van der Waals surface area contributed by atoms with E-state index in [9.17, 15) is 4.79 Å². The van der Waals surface area contributed by atoms with Crippen molar-refractivity contribution in [1.29, 1.82) is 0 Å². The van der Waals surface area contributed by atoms with E-state index >= 15 is 0 Å². The molecule has 0 bridgehead atoms. The fourth-order valence-electron chi connectivity index (χ4n) is 2.20. The van der Waals surface area contributed by atoms with Gasteiger partial charge in [-0.1, -0.05) is 23.4 Å². The number of carbonyl (C=O) groups excluding carboxylic acids is 1. The van der Waals surface area contributed by atoms with E-state index in [2.05, 4.69) is 5.16 Å². The van der Waals surface area contributed by atoms with E-state index < -0.39 is 5.97 Å². The van der Waals surface area contributed by atoms with Crippen LogP contribution in [-0.4, -0.2) is 18.8 Å². The minimum absolute atomic E-state index is 0.444. The van der Waals surface area contributed by atoms with Crippen LogP contribution in [0.2, 0.25) is 0 Å². The first-order chi connectivity index (χ1) is 11.2. The summed E-state index contributed by atoms with van der Waals surface area (Å²) in [6, 6.07) is 16.8. The van der Waals surface area contributed by atoms with Crippen LogP contribution in [0.1, 0.15) is 18.2 Å². The van der Waals surface area contributed by atoms with Crippen LogP contribution in [0.3, 0.4) is 0 Å². The number of benzene rings is 2. The van der Waals surface area contributed by atoms with Gasteiger partial charge in [-0.25, -0.2) is 4.79 Å². The second-order valence-electron chi connectivity index (χ2n) is 4.90. The molecule has 23 heavy (non-hydrogen) atoms. The second kappa shape index (κ2) is 6.36. The number of methoxy groups -OCH3 is 1. The summed E-state index contributed by atoms with van der Waals surface area (Å²) in [6.07, 6.45) is 0. The third kappa shape index (κ3) is 3.23. The summed E-state index contributed by atoms with van der Waals surface area (Å²) in [7, 11) is 1.60. The van der Waals surface area contributed by atoms with Gasteiger partial charge >= 0.3 is 5.97 Å². The Balaban J connectivity index is 2.07. The molecule has 0 aliphatic carbocycles. The van der Waals surface area contributed by atoms with E-state index in [0.717, 1.165) is 22.3 Å². The van der Waals surface area contributed by atoms with Crippen LogP contribution in [0.25, 0.3) is 11.0 Å². The van der Waals surface area contributed by atoms with Gasteiger partial charge in [-0.3, -0.25) is 0 Å². The standard InChI is InChI=1S/C18H15NO4/c1-12(20)23-19-18(13-7-9-15(21-2)10-8-13)17-11-14-5-3-4-6-16(14)22-17/h3-11H,1-2H3/b19-18+. The van der Waals surface area contributed by atoms with Crippen molar-refractivity contribution in [2.75, 3.05) is 7.11 Å². The Morgan fingerprint density at radius 3 is 2.48 bits per heavy atom. The molecule has 0 N–H and O–H groups in total. The number of oxime groups is 1. The van der Waals surface area contributed by atoms with Gasteiger partial charge in [-0.15, -0.1) is 0 Å². The predicted octanol–water partition coefficient (Wildman–Crippen LogP) is 3.76. The molecule has 0 fully saturated rings. The number of fused-ring (bicyclic) bond motifs is 1. The van der Waals surface area contributed by atoms with E-state index in [0.29, 0.717) is 11.5 Å². The highest BCUT2D eigenvalue weighted by Gasteiger charge is 2.14. The molecule has 0 saturated carbocycles. The van der Waals surface area contributed by atoms with Gasteiger partial charge in [0.1, 0.15) is 11.3 Å². The van der Waals surface area contributed by atoms with E-state index in [1.165, 1.54) is 6.92 Å². The molecule has 2 aromatic carbocycles.